The molecule has 0 saturated heterocycles. The van der Waals surface area contributed by atoms with Gasteiger partial charge in [0.05, 0.1) is 11.4 Å². The fraction of sp³-hybridized carbons (Fsp3) is 0.450. The largest absolute Gasteiger partial charge is 0.267 e. The average molecular weight is 300 g/mol. The van der Waals surface area contributed by atoms with Gasteiger partial charge >= 0.3 is 0 Å². The molecule has 1 heterocycles. The molecule has 0 aromatic carbocycles. The third kappa shape index (κ3) is 4.87. The summed E-state index contributed by atoms with van der Waals surface area (Å²) in [5.41, 5.74) is 5.54. The van der Waals surface area contributed by atoms with E-state index >= 15 is 0 Å². The van der Waals surface area contributed by atoms with Gasteiger partial charge in [-0.25, -0.2) is 0 Å². The van der Waals surface area contributed by atoms with Gasteiger partial charge in [-0.15, -0.1) is 0 Å². The number of aryl methyl sites for hydroxylation is 1. The molecule has 2 heteroatoms. The second kappa shape index (κ2) is 8.57. The molecule has 0 aliphatic heterocycles. The summed E-state index contributed by atoms with van der Waals surface area (Å²) < 4.78 is 1.92. The maximum atomic E-state index is 4.72. The summed E-state index contributed by atoms with van der Waals surface area (Å²) in [4.78, 5) is 0. The zero-order chi connectivity index (χ0) is 17.5. The Hall–Kier alpha value is -1.83. The second-order valence-corrected chi connectivity index (χ2v) is 6.01. The van der Waals surface area contributed by atoms with Crippen molar-refractivity contribution in [2.45, 2.75) is 53.9 Å². The molecule has 0 aliphatic rings. The van der Waals surface area contributed by atoms with Crippen LogP contribution < -0.4 is 0 Å². The monoisotopic (exact) mass is 300 g/mol. The number of hydrogen-bond acceptors (Lipinski definition) is 1. The van der Waals surface area contributed by atoms with Crippen LogP contribution in [0.4, 0.5) is 0 Å². The predicted molar refractivity (Wildman–Crippen MR) is 100 cm³/mol. The van der Waals surface area contributed by atoms with Crippen molar-refractivity contribution >= 4 is 5.57 Å². The van der Waals surface area contributed by atoms with Crippen molar-refractivity contribution in [3.05, 3.63) is 60.0 Å². The van der Waals surface area contributed by atoms with Crippen LogP contribution in [-0.4, -0.2) is 9.78 Å². The van der Waals surface area contributed by atoms with Gasteiger partial charge in [-0.3, -0.25) is 4.68 Å². The Bertz CT molecular complexity index is 577. The van der Waals surface area contributed by atoms with E-state index in [1.165, 1.54) is 11.1 Å². The van der Waals surface area contributed by atoms with E-state index in [0.717, 1.165) is 17.0 Å². The number of nitrogens with zero attached hydrogens (tertiary/aromatic N) is 2. The first-order valence-corrected chi connectivity index (χ1v) is 7.89. The number of aromatic nitrogens is 2. The second-order valence-electron chi connectivity index (χ2n) is 6.01. The van der Waals surface area contributed by atoms with Gasteiger partial charge in [-0.2, -0.15) is 5.10 Å². The van der Waals surface area contributed by atoms with E-state index in [2.05, 4.69) is 53.9 Å². The van der Waals surface area contributed by atoms with Crippen molar-refractivity contribution in [1.29, 1.82) is 0 Å². The number of rotatable bonds is 5. The Balaban J connectivity index is 0.00000211. The lowest BCUT2D eigenvalue weighted by Gasteiger charge is -2.19. The van der Waals surface area contributed by atoms with Crippen LogP contribution >= 0.6 is 0 Å². The van der Waals surface area contributed by atoms with Gasteiger partial charge in [0.2, 0.25) is 0 Å². The Kier molecular flexibility index (Phi) is 7.86. The van der Waals surface area contributed by atoms with Crippen molar-refractivity contribution in [2.24, 2.45) is 7.05 Å². The van der Waals surface area contributed by atoms with Crippen LogP contribution in [0.1, 0.15) is 58.5 Å². The zero-order valence-electron chi connectivity index (χ0n) is 15.6. The van der Waals surface area contributed by atoms with E-state index in [0.29, 0.717) is 0 Å². The Morgan fingerprint density at radius 2 is 1.77 bits per heavy atom. The van der Waals surface area contributed by atoms with Gasteiger partial charge in [0.25, 0.3) is 0 Å². The van der Waals surface area contributed by atoms with Crippen molar-refractivity contribution in [1.82, 2.24) is 9.78 Å². The summed E-state index contributed by atoms with van der Waals surface area (Å²) in [6, 6.07) is 0. The van der Waals surface area contributed by atoms with E-state index in [9.17, 15) is 0 Å². The van der Waals surface area contributed by atoms with Crippen LogP contribution in [0.25, 0.3) is 5.57 Å². The molecule has 0 N–H and O–H groups in total. The van der Waals surface area contributed by atoms with Crippen LogP contribution in [0.2, 0.25) is 0 Å². The molecule has 1 aromatic heterocycles. The van der Waals surface area contributed by atoms with Crippen molar-refractivity contribution < 1.29 is 0 Å². The fourth-order valence-corrected chi connectivity index (χ4v) is 2.74. The highest BCUT2D eigenvalue weighted by atomic mass is 15.3. The quantitative estimate of drug-likeness (QED) is 0.500. The van der Waals surface area contributed by atoms with Crippen LogP contribution in [0.5, 0.6) is 0 Å². The summed E-state index contributed by atoms with van der Waals surface area (Å²) in [5, 5.41) is 4.72. The summed E-state index contributed by atoms with van der Waals surface area (Å²) in [6.45, 7) is 22.6. The molecule has 0 fully saturated rings. The average Bonchev–Trinajstić information content (AvgIpc) is 2.73. The maximum Gasteiger partial charge on any atom is 0.0754 e. The van der Waals surface area contributed by atoms with E-state index in [1.54, 1.807) is 6.08 Å². The van der Waals surface area contributed by atoms with Gasteiger partial charge < -0.3 is 0 Å². The molecule has 0 radical (unpaired) electrons. The molecule has 0 atom stereocenters. The number of hydrogen-bond donors (Lipinski definition) is 0. The van der Waals surface area contributed by atoms with Crippen LogP contribution in [0.15, 0.2) is 43.0 Å². The predicted octanol–water partition coefficient (Wildman–Crippen LogP) is 5.75. The number of allylic oxidation sites excluding steroid dienone is 6. The van der Waals surface area contributed by atoms with E-state index in [-0.39, 0.29) is 5.41 Å². The van der Waals surface area contributed by atoms with E-state index < -0.39 is 0 Å². The maximum absolute atomic E-state index is 4.72. The first kappa shape index (κ1) is 20.2. The van der Waals surface area contributed by atoms with E-state index in [4.69, 9.17) is 5.10 Å². The summed E-state index contributed by atoms with van der Waals surface area (Å²) in [6.07, 6.45) is 7.88. The Morgan fingerprint density at radius 1 is 1.23 bits per heavy atom. The molecular formula is C20H32N2. The molecule has 0 spiro atoms. The van der Waals surface area contributed by atoms with Crippen molar-refractivity contribution in [3.63, 3.8) is 0 Å². The first-order chi connectivity index (χ1) is 10.2. The molecule has 2 nitrogen and oxygen atoms in total. The summed E-state index contributed by atoms with van der Waals surface area (Å²) in [7, 11) is 1.97. The smallest absolute Gasteiger partial charge is 0.0754 e. The summed E-state index contributed by atoms with van der Waals surface area (Å²) >= 11 is 0. The van der Waals surface area contributed by atoms with Gasteiger partial charge in [0.1, 0.15) is 0 Å². The minimum absolute atomic E-state index is 0.0820. The van der Waals surface area contributed by atoms with Gasteiger partial charge in [-0.1, -0.05) is 70.7 Å². The topological polar surface area (TPSA) is 17.8 Å². The summed E-state index contributed by atoms with van der Waals surface area (Å²) in [5.74, 6) is 0. The highest BCUT2D eigenvalue weighted by molar-refractivity contribution is 5.73. The van der Waals surface area contributed by atoms with Crippen LogP contribution in [0.3, 0.4) is 0 Å². The molecule has 0 saturated carbocycles. The van der Waals surface area contributed by atoms with E-state index in [1.807, 2.05) is 37.7 Å². The highest BCUT2D eigenvalue weighted by Crippen LogP contribution is 2.31. The SMILES string of the molecule is C=C/C=C\C(=C)c1c(C)c(C(C)(C)C=C(C)C)nn1C.CC. The third-order valence-corrected chi connectivity index (χ3v) is 3.28. The molecule has 0 aliphatic carbocycles. The molecule has 0 unspecified atom stereocenters. The van der Waals surface area contributed by atoms with Crippen molar-refractivity contribution in [2.75, 3.05) is 0 Å². The molecule has 1 rings (SSSR count). The van der Waals surface area contributed by atoms with Crippen LogP contribution in [-0.2, 0) is 12.5 Å². The minimum atomic E-state index is -0.0820. The van der Waals surface area contributed by atoms with Gasteiger partial charge in [-0.05, 0) is 31.9 Å². The lowest BCUT2D eigenvalue weighted by Crippen LogP contribution is -2.16. The highest BCUT2D eigenvalue weighted by Gasteiger charge is 2.26. The molecule has 0 amide bonds. The van der Waals surface area contributed by atoms with Crippen LogP contribution in [0, 0.1) is 6.92 Å². The first-order valence-electron chi connectivity index (χ1n) is 7.89. The zero-order valence-corrected chi connectivity index (χ0v) is 15.6. The molecule has 122 valence electrons. The Morgan fingerprint density at radius 3 is 2.23 bits per heavy atom. The Labute approximate surface area is 136 Å². The fourth-order valence-electron chi connectivity index (χ4n) is 2.74. The normalized spacial score (nSPS) is 10.9. The minimum Gasteiger partial charge on any atom is -0.267 e. The van der Waals surface area contributed by atoms with Crippen molar-refractivity contribution in [3.8, 4) is 0 Å². The van der Waals surface area contributed by atoms with Gasteiger partial charge in [0.15, 0.2) is 0 Å². The molecule has 1 aromatic rings. The molecular weight excluding hydrogens is 268 g/mol. The molecule has 0 bridgehead atoms. The van der Waals surface area contributed by atoms with Gasteiger partial charge in [0, 0.05) is 12.5 Å². The standard InChI is InChI=1S/C18H26N2.C2H6/c1-9-10-11-14(4)16-15(5)17(19-20(16)8)18(6,7)12-13(2)3;1-2/h9-12H,1,4H2,2-3,5-8H3;1-2H3/b11-10-;. The lowest BCUT2D eigenvalue weighted by atomic mass is 9.84. The lowest BCUT2D eigenvalue weighted by molar-refractivity contribution is 0.608. The molecule has 22 heavy (non-hydrogen) atoms. The third-order valence-electron chi connectivity index (χ3n) is 3.28.